The van der Waals surface area contributed by atoms with Crippen molar-refractivity contribution < 1.29 is 4.39 Å². The minimum absolute atomic E-state index is 0.239. The van der Waals surface area contributed by atoms with E-state index in [0.717, 1.165) is 16.6 Å². The zero-order valence-electron chi connectivity index (χ0n) is 11.2. The Morgan fingerprint density at radius 3 is 2.81 bits per heavy atom. The highest BCUT2D eigenvalue weighted by molar-refractivity contribution is 5.82. The summed E-state index contributed by atoms with van der Waals surface area (Å²) < 4.78 is 15.9. The van der Waals surface area contributed by atoms with Crippen LogP contribution in [0, 0.1) is 5.82 Å². The van der Waals surface area contributed by atoms with Crippen molar-refractivity contribution in [3.05, 3.63) is 72.4 Å². The molecule has 0 spiro atoms. The summed E-state index contributed by atoms with van der Waals surface area (Å²) in [5, 5.41) is 0.555. The summed E-state index contributed by atoms with van der Waals surface area (Å²) in [5.74, 6) is -0.239. The molecule has 0 aliphatic carbocycles. The van der Waals surface area contributed by atoms with Gasteiger partial charge in [-0.25, -0.2) is 9.37 Å². The highest BCUT2D eigenvalue weighted by Crippen LogP contribution is 2.22. The molecule has 2 heterocycles. The van der Waals surface area contributed by atoms with Gasteiger partial charge in [0.25, 0.3) is 0 Å². The molecular formula is C17H12FN3. The number of halogens is 1. The van der Waals surface area contributed by atoms with Gasteiger partial charge < -0.3 is 4.57 Å². The SMILES string of the molecule is Fc1ccc(Cn2cnc3ccccc32)c2ncccc12. The number of nitrogens with zero attached hydrogens (tertiary/aromatic N) is 3. The largest absolute Gasteiger partial charge is 0.326 e. The van der Waals surface area contributed by atoms with Crippen molar-refractivity contribution >= 4 is 21.9 Å². The minimum atomic E-state index is -0.239. The van der Waals surface area contributed by atoms with Crippen LogP contribution in [-0.2, 0) is 6.54 Å². The first-order chi connectivity index (χ1) is 10.3. The maximum atomic E-state index is 13.8. The lowest BCUT2D eigenvalue weighted by atomic mass is 10.1. The van der Waals surface area contributed by atoms with Crippen LogP contribution in [0.3, 0.4) is 0 Å². The van der Waals surface area contributed by atoms with Gasteiger partial charge in [-0.05, 0) is 35.9 Å². The third kappa shape index (κ3) is 1.96. The Hall–Kier alpha value is -2.75. The van der Waals surface area contributed by atoms with Crippen LogP contribution in [0.15, 0.2) is 61.1 Å². The van der Waals surface area contributed by atoms with Gasteiger partial charge in [-0.3, -0.25) is 4.98 Å². The Kier molecular flexibility index (Phi) is 2.67. The third-order valence-corrected chi connectivity index (χ3v) is 3.67. The monoisotopic (exact) mass is 277 g/mol. The van der Waals surface area contributed by atoms with Gasteiger partial charge in [0.05, 0.1) is 29.4 Å². The van der Waals surface area contributed by atoms with Crippen LogP contribution in [0.1, 0.15) is 5.56 Å². The molecule has 102 valence electrons. The molecule has 21 heavy (non-hydrogen) atoms. The zero-order valence-corrected chi connectivity index (χ0v) is 11.2. The van der Waals surface area contributed by atoms with Crippen LogP contribution < -0.4 is 0 Å². The molecule has 0 saturated heterocycles. The van der Waals surface area contributed by atoms with E-state index in [9.17, 15) is 4.39 Å². The summed E-state index contributed by atoms with van der Waals surface area (Å²) in [4.78, 5) is 8.71. The predicted octanol–water partition coefficient (Wildman–Crippen LogP) is 3.77. The lowest BCUT2D eigenvalue weighted by molar-refractivity contribution is 0.638. The fraction of sp³-hybridized carbons (Fsp3) is 0.0588. The zero-order chi connectivity index (χ0) is 14.2. The van der Waals surface area contributed by atoms with Gasteiger partial charge in [-0.2, -0.15) is 0 Å². The van der Waals surface area contributed by atoms with Crippen LogP contribution >= 0.6 is 0 Å². The van der Waals surface area contributed by atoms with Gasteiger partial charge in [0, 0.05) is 11.6 Å². The van der Waals surface area contributed by atoms with E-state index in [1.807, 2.05) is 30.6 Å². The maximum Gasteiger partial charge on any atom is 0.132 e. The van der Waals surface area contributed by atoms with Crippen molar-refractivity contribution in [2.45, 2.75) is 6.54 Å². The maximum absolute atomic E-state index is 13.8. The Balaban J connectivity index is 1.86. The molecule has 0 bridgehead atoms. The molecule has 0 fully saturated rings. The molecule has 2 aromatic heterocycles. The molecule has 2 aromatic carbocycles. The van der Waals surface area contributed by atoms with E-state index in [1.165, 1.54) is 6.07 Å². The van der Waals surface area contributed by atoms with Crippen LogP contribution in [0.2, 0.25) is 0 Å². The smallest absolute Gasteiger partial charge is 0.132 e. The van der Waals surface area contributed by atoms with Gasteiger partial charge in [0.15, 0.2) is 0 Å². The lowest BCUT2D eigenvalue weighted by Crippen LogP contribution is -2.00. The third-order valence-electron chi connectivity index (χ3n) is 3.67. The molecule has 4 rings (SSSR count). The summed E-state index contributed by atoms with van der Waals surface area (Å²) in [6.45, 7) is 0.619. The number of rotatable bonds is 2. The number of hydrogen-bond donors (Lipinski definition) is 0. The number of hydrogen-bond acceptors (Lipinski definition) is 2. The molecule has 0 N–H and O–H groups in total. The number of imidazole rings is 1. The summed E-state index contributed by atoms with van der Waals surface area (Å²) in [5.41, 5.74) is 3.70. The van der Waals surface area contributed by atoms with Crippen molar-refractivity contribution in [2.75, 3.05) is 0 Å². The highest BCUT2D eigenvalue weighted by atomic mass is 19.1. The fourth-order valence-corrected chi connectivity index (χ4v) is 2.64. The first kappa shape index (κ1) is 12.0. The summed E-state index contributed by atoms with van der Waals surface area (Å²) >= 11 is 0. The predicted molar refractivity (Wildman–Crippen MR) is 80.5 cm³/mol. The highest BCUT2D eigenvalue weighted by Gasteiger charge is 2.09. The molecular weight excluding hydrogens is 265 g/mol. The van der Waals surface area contributed by atoms with Gasteiger partial charge in [-0.1, -0.05) is 18.2 Å². The van der Waals surface area contributed by atoms with Crippen LogP contribution in [0.5, 0.6) is 0 Å². The molecule has 0 radical (unpaired) electrons. The molecule has 0 saturated carbocycles. The number of pyridine rings is 1. The van der Waals surface area contributed by atoms with Crippen LogP contribution in [0.25, 0.3) is 21.9 Å². The fourth-order valence-electron chi connectivity index (χ4n) is 2.64. The van der Waals surface area contributed by atoms with Crippen molar-refractivity contribution in [3.8, 4) is 0 Å². The van der Waals surface area contributed by atoms with Gasteiger partial charge >= 0.3 is 0 Å². The topological polar surface area (TPSA) is 30.7 Å². The Morgan fingerprint density at radius 1 is 0.952 bits per heavy atom. The van der Waals surface area contributed by atoms with E-state index >= 15 is 0 Å². The van der Waals surface area contributed by atoms with E-state index < -0.39 is 0 Å². The second-order valence-corrected chi connectivity index (χ2v) is 4.97. The second-order valence-electron chi connectivity index (χ2n) is 4.97. The molecule has 3 nitrogen and oxygen atoms in total. The average molecular weight is 277 g/mol. The Morgan fingerprint density at radius 2 is 1.86 bits per heavy atom. The van der Waals surface area contributed by atoms with Gasteiger partial charge in [-0.15, -0.1) is 0 Å². The Labute approximate surface area is 120 Å². The van der Waals surface area contributed by atoms with Crippen molar-refractivity contribution in [1.29, 1.82) is 0 Å². The van der Waals surface area contributed by atoms with E-state index in [-0.39, 0.29) is 5.82 Å². The summed E-state index contributed by atoms with van der Waals surface area (Å²) in [6, 6.07) is 14.8. The lowest BCUT2D eigenvalue weighted by Gasteiger charge is -2.08. The first-order valence-electron chi connectivity index (χ1n) is 6.75. The normalized spacial score (nSPS) is 11.3. The van der Waals surface area contributed by atoms with Crippen LogP contribution in [-0.4, -0.2) is 14.5 Å². The molecule has 4 heteroatoms. The van der Waals surface area contributed by atoms with Crippen LogP contribution in [0.4, 0.5) is 4.39 Å². The Bertz CT molecular complexity index is 943. The van der Waals surface area contributed by atoms with Crippen molar-refractivity contribution in [3.63, 3.8) is 0 Å². The van der Waals surface area contributed by atoms with E-state index in [1.54, 1.807) is 24.4 Å². The van der Waals surface area contributed by atoms with E-state index in [4.69, 9.17) is 0 Å². The van der Waals surface area contributed by atoms with Crippen molar-refractivity contribution in [1.82, 2.24) is 14.5 Å². The van der Waals surface area contributed by atoms with E-state index in [0.29, 0.717) is 17.4 Å². The molecule has 0 unspecified atom stereocenters. The molecule has 4 aromatic rings. The quantitative estimate of drug-likeness (QED) is 0.558. The molecule has 0 aliphatic rings. The number of benzene rings is 2. The number of para-hydroxylation sites is 2. The molecule has 0 atom stereocenters. The minimum Gasteiger partial charge on any atom is -0.326 e. The second kappa shape index (κ2) is 4.66. The number of fused-ring (bicyclic) bond motifs is 2. The summed E-state index contributed by atoms with van der Waals surface area (Å²) in [7, 11) is 0. The summed E-state index contributed by atoms with van der Waals surface area (Å²) in [6.07, 6.45) is 3.50. The van der Waals surface area contributed by atoms with Gasteiger partial charge in [0.1, 0.15) is 5.82 Å². The van der Waals surface area contributed by atoms with Gasteiger partial charge in [0.2, 0.25) is 0 Å². The first-order valence-corrected chi connectivity index (χ1v) is 6.75. The number of aromatic nitrogens is 3. The molecule has 0 aliphatic heterocycles. The molecule has 0 amide bonds. The standard InChI is InChI=1S/C17H12FN3/c18-14-8-7-12(17-13(14)4-3-9-19-17)10-21-11-20-15-5-1-2-6-16(15)21/h1-9,11H,10H2. The average Bonchev–Trinajstić information content (AvgIpc) is 2.94. The van der Waals surface area contributed by atoms with Crippen molar-refractivity contribution in [2.24, 2.45) is 0 Å². The van der Waals surface area contributed by atoms with E-state index in [2.05, 4.69) is 14.5 Å².